The molecule has 0 aliphatic carbocycles. The van der Waals surface area contributed by atoms with Gasteiger partial charge in [-0.1, -0.05) is 11.6 Å². The number of methoxy groups -OCH3 is 1. The van der Waals surface area contributed by atoms with Crippen LogP contribution in [0.2, 0.25) is 5.15 Å². The van der Waals surface area contributed by atoms with Gasteiger partial charge in [-0.25, -0.2) is 4.39 Å². The van der Waals surface area contributed by atoms with Crippen molar-refractivity contribution < 1.29 is 13.9 Å². The van der Waals surface area contributed by atoms with Crippen molar-refractivity contribution in [2.45, 2.75) is 0 Å². The third-order valence-electron chi connectivity index (χ3n) is 3.09. The maximum atomic E-state index is 13.5. The molecule has 0 saturated heterocycles. The zero-order valence-corrected chi connectivity index (χ0v) is 13.2. The molecule has 0 atom stereocenters. The third kappa shape index (κ3) is 2.90. The Balaban J connectivity index is 2.09. The second-order valence-electron chi connectivity index (χ2n) is 4.48. The lowest BCUT2D eigenvalue weighted by molar-refractivity contribution is 0.146. The van der Waals surface area contributed by atoms with Crippen molar-refractivity contribution in [3.8, 4) is 17.0 Å². The quantitative estimate of drug-likeness (QED) is 0.655. The number of hydrogen-bond acceptors (Lipinski definition) is 5. The van der Waals surface area contributed by atoms with Crippen molar-refractivity contribution in [2.75, 3.05) is 20.3 Å². The third-order valence-corrected chi connectivity index (χ3v) is 4.39. The van der Waals surface area contributed by atoms with Gasteiger partial charge in [-0.2, -0.15) is 0 Å². The molecule has 2 heterocycles. The second-order valence-corrected chi connectivity index (χ2v) is 5.76. The Hall–Kier alpha value is -1.76. The number of aromatic nitrogens is 2. The van der Waals surface area contributed by atoms with Crippen molar-refractivity contribution in [2.24, 2.45) is 0 Å². The molecule has 114 valence electrons. The van der Waals surface area contributed by atoms with E-state index in [4.69, 9.17) is 21.1 Å². The minimum absolute atomic E-state index is 0.320. The molecule has 0 bridgehead atoms. The SMILES string of the molecule is COCCOc1cc(F)ccc1-c1nnc(Cl)c2sccc12. The van der Waals surface area contributed by atoms with Crippen LogP contribution in [0.5, 0.6) is 5.75 Å². The van der Waals surface area contributed by atoms with Crippen molar-refractivity contribution >= 4 is 33.0 Å². The summed E-state index contributed by atoms with van der Waals surface area (Å²) in [7, 11) is 1.58. The van der Waals surface area contributed by atoms with Crippen LogP contribution in [0.3, 0.4) is 0 Å². The number of rotatable bonds is 5. The molecule has 0 spiro atoms. The highest BCUT2D eigenvalue weighted by Gasteiger charge is 2.15. The standard InChI is InChI=1S/C15H12ClFN2O2S/c1-20-5-6-21-12-8-9(17)2-3-10(12)13-11-4-7-22-14(11)15(16)19-18-13/h2-4,7-8H,5-6H2,1H3. The predicted octanol–water partition coefficient (Wildman–Crippen LogP) is 4.18. The smallest absolute Gasteiger partial charge is 0.169 e. The second kappa shape index (κ2) is 6.56. The minimum Gasteiger partial charge on any atom is -0.490 e. The zero-order chi connectivity index (χ0) is 15.5. The van der Waals surface area contributed by atoms with Gasteiger partial charge in [0.1, 0.15) is 23.9 Å². The average molecular weight is 339 g/mol. The minimum atomic E-state index is -0.375. The van der Waals surface area contributed by atoms with E-state index in [0.717, 1.165) is 10.1 Å². The maximum absolute atomic E-state index is 13.5. The van der Waals surface area contributed by atoms with Crippen molar-refractivity contribution in [1.29, 1.82) is 0 Å². The largest absolute Gasteiger partial charge is 0.490 e. The Kier molecular flexibility index (Phi) is 4.52. The Morgan fingerprint density at radius 3 is 2.91 bits per heavy atom. The fourth-order valence-corrected chi connectivity index (χ4v) is 3.14. The fraction of sp³-hybridized carbons (Fsp3) is 0.200. The number of ether oxygens (including phenoxy) is 2. The molecule has 7 heteroatoms. The predicted molar refractivity (Wildman–Crippen MR) is 85.2 cm³/mol. The van der Waals surface area contributed by atoms with Crippen molar-refractivity contribution in [3.05, 3.63) is 40.6 Å². The summed E-state index contributed by atoms with van der Waals surface area (Å²) < 4.78 is 24.9. The highest BCUT2D eigenvalue weighted by Crippen LogP contribution is 2.37. The van der Waals surface area contributed by atoms with Gasteiger partial charge in [0.25, 0.3) is 0 Å². The van der Waals surface area contributed by atoms with E-state index < -0.39 is 0 Å². The highest BCUT2D eigenvalue weighted by molar-refractivity contribution is 7.17. The molecule has 0 fully saturated rings. The Bertz CT molecular complexity index is 809. The molecule has 22 heavy (non-hydrogen) atoms. The van der Waals surface area contributed by atoms with Crippen LogP contribution in [-0.2, 0) is 4.74 Å². The number of fused-ring (bicyclic) bond motifs is 1. The van der Waals surface area contributed by atoms with Crippen LogP contribution in [0.15, 0.2) is 29.6 Å². The fourth-order valence-electron chi connectivity index (χ4n) is 2.09. The Morgan fingerprint density at radius 1 is 1.23 bits per heavy atom. The van der Waals surface area contributed by atoms with Crippen LogP contribution >= 0.6 is 22.9 Å². The summed E-state index contributed by atoms with van der Waals surface area (Å²) in [4.78, 5) is 0. The van der Waals surface area contributed by atoms with E-state index in [1.165, 1.54) is 23.5 Å². The number of benzene rings is 1. The molecule has 4 nitrogen and oxygen atoms in total. The highest BCUT2D eigenvalue weighted by atomic mass is 35.5. The molecule has 1 aromatic carbocycles. The van der Waals surface area contributed by atoms with Crippen LogP contribution in [0.1, 0.15) is 0 Å². The van der Waals surface area contributed by atoms with Gasteiger partial charge in [0.15, 0.2) is 5.15 Å². The molecule has 0 amide bonds. The molecular weight excluding hydrogens is 327 g/mol. The molecule has 0 N–H and O–H groups in total. The van der Waals surface area contributed by atoms with Gasteiger partial charge >= 0.3 is 0 Å². The van der Waals surface area contributed by atoms with E-state index in [1.54, 1.807) is 13.2 Å². The molecule has 0 aliphatic rings. The first-order valence-corrected chi connectivity index (χ1v) is 7.77. The number of halogens is 2. The molecule has 3 aromatic rings. The average Bonchev–Trinajstić information content (AvgIpc) is 2.99. The van der Waals surface area contributed by atoms with Crippen molar-refractivity contribution in [3.63, 3.8) is 0 Å². The summed E-state index contributed by atoms with van der Waals surface area (Å²) in [5.74, 6) is 0.0285. The first-order chi connectivity index (χ1) is 10.7. The van der Waals surface area contributed by atoms with E-state index in [0.29, 0.717) is 35.4 Å². The van der Waals surface area contributed by atoms with Crippen LogP contribution < -0.4 is 4.74 Å². The lowest BCUT2D eigenvalue weighted by Crippen LogP contribution is -2.05. The molecule has 0 saturated carbocycles. The summed E-state index contributed by atoms with van der Waals surface area (Å²) in [6.45, 7) is 0.733. The van der Waals surface area contributed by atoms with Crippen LogP contribution in [0.25, 0.3) is 21.3 Å². The summed E-state index contributed by atoms with van der Waals surface area (Å²) in [5, 5.41) is 11.3. The van der Waals surface area contributed by atoms with Gasteiger partial charge in [-0.05, 0) is 23.6 Å². The molecule has 0 radical (unpaired) electrons. The number of hydrogen-bond donors (Lipinski definition) is 0. The summed E-state index contributed by atoms with van der Waals surface area (Å²) in [6.07, 6.45) is 0. The van der Waals surface area contributed by atoms with Gasteiger partial charge in [0.2, 0.25) is 0 Å². The maximum Gasteiger partial charge on any atom is 0.169 e. The lowest BCUT2D eigenvalue weighted by Gasteiger charge is -2.11. The van der Waals surface area contributed by atoms with Crippen LogP contribution in [0, 0.1) is 5.82 Å². The Labute approximate surface area is 135 Å². The van der Waals surface area contributed by atoms with Gasteiger partial charge < -0.3 is 9.47 Å². The topological polar surface area (TPSA) is 44.2 Å². The monoisotopic (exact) mass is 338 g/mol. The molecular formula is C15H12ClFN2O2S. The summed E-state index contributed by atoms with van der Waals surface area (Å²) in [5.41, 5.74) is 1.29. The molecule has 0 aliphatic heterocycles. The van der Waals surface area contributed by atoms with Crippen LogP contribution in [-0.4, -0.2) is 30.5 Å². The van der Waals surface area contributed by atoms with Gasteiger partial charge in [-0.15, -0.1) is 21.5 Å². The van der Waals surface area contributed by atoms with Crippen LogP contribution in [0.4, 0.5) is 4.39 Å². The van der Waals surface area contributed by atoms with E-state index in [9.17, 15) is 4.39 Å². The number of thiophene rings is 1. The van der Waals surface area contributed by atoms with Crippen molar-refractivity contribution in [1.82, 2.24) is 10.2 Å². The van der Waals surface area contributed by atoms with Gasteiger partial charge in [-0.3, -0.25) is 0 Å². The van der Waals surface area contributed by atoms with E-state index >= 15 is 0 Å². The normalized spacial score (nSPS) is 11.0. The summed E-state index contributed by atoms with van der Waals surface area (Å²) >= 11 is 7.54. The lowest BCUT2D eigenvalue weighted by atomic mass is 10.1. The number of nitrogens with zero attached hydrogens (tertiary/aromatic N) is 2. The summed E-state index contributed by atoms with van der Waals surface area (Å²) in [6, 6.07) is 6.25. The van der Waals surface area contributed by atoms with E-state index in [2.05, 4.69) is 10.2 Å². The first-order valence-electron chi connectivity index (χ1n) is 6.51. The first kappa shape index (κ1) is 15.1. The van der Waals surface area contributed by atoms with E-state index in [1.807, 2.05) is 11.4 Å². The van der Waals surface area contributed by atoms with Gasteiger partial charge in [0.05, 0.1) is 11.3 Å². The molecule has 3 rings (SSSR count). The molecule has 2 aromatic heterocycles. The van der Waals surface area contributed by atoms with E-state index in [-0.39, 0.29) is 5.82 Å². The zero-order valence-electron chi connectivity index (χ0n) is 11.7. The Morgan fingerprint density at radius 2 is 2.09 bits per heavy atom. The van der Waals surface area contributed by atoms with Gasteiger partial charge in [0, 0.05) is 24.1 Å². The molecule has 0 unspecified atom stereocenters.